The minimum absolute atomic E-state index is 0.809. The van der Waals surface area contributed by atoms with E-state index in [1.165, 1.54) is 38.6 Å². The van der Waals surface area contributed by atoms with Crippen LogP contribution in [0.2, 0.25) is 0 Å². The topological polar surface area (TPSA) is 12.5 Å². The van der Waals surface area contributed by atoms with E-state index in [9.17, 15) is 0 Å². The number of ether oxygens (including phenoxy) is 1. The molecule has 0 spiro atoms. The van der Waals surface area contributed by atoms with E-state index in [0.29, 0.717) is 0 Å². The van der Waals surface area contributed by atoms with E-state index in [1.807, 2.05) is 0 Å². The molecule has 2 heteroatoms. The van der Waals surface area contributed by atoms with Gasteiger partial charge in [-0.2, -0.15) is 0 Å². The number of fused-ring (bicyclic) bond motifs is 6. The summed E-state index contributed by atoms with van der Waals surface area (Å²) in [6.07, 6.45) is 0. The Morgan fingerprint density at radius 1 is 0.250 bits per heavy atom. The Morgan fingerprint density at radius 3 is 1.52 bits per heavy atom. The molecule has 0 radical (unpaired) electrons. The average molecular weight is 766 g/mol. The maximum absolute atomic E-state index is 7.15. The molecule has 10 aromatic rings. The van der Waals surface area contributed by atoms with Crippen molar-refractivity contribution >= 4 is 27.8 Å². The van der Waals surface area contributed by atoms with Crippen LogP contribution in [0.3, 0.4) is 0 Å². The number of rotatable bonds is 7. The van der Waals surface area contributed by atoms with E-state index in [2.05, 4.69) is 241 Å². The zero-order valence-corrected chi connectivity index (χ0v) is 32.9. The molecule has 0 atom stereocenters. The highest BCUT2D eigenvalue weighted by Crippen LogP contribution is 2.52. The van der Waals surface area contributed by atoms with Gasteiger partial charge >= 0.3 is 0 Å². The second kappa shape index (κ2) is 15.1. The summed E-state index contributed by atoms with van der Waals surface area (Å²) >= 11 is 0. The molecule has 0 aromatic heterocycles. The number of hydrogen-bond donors (Lipinski definition) is 0. The fourth-order valence-electron chi connectivity index (χ4n) is 8.70. The minimum atomic E-state index is 0.809. The Hall–Kier alpha value is -7.94. The third-order valence-electron chi connectivity index (χ3n) is 11.7. The zero-order valence-electron chi connectivity index (χ0n) is 32.9. The molecule has 1 aliphatic heterocycles. The van der Waals surface area contributed by atoms with Crippen molar-refractivity contribution in [3.05, 3.63) is 237 Å². The highest BCUT2D eigenvalue weighted by Gasteiger charge is 2.26. The van der Waals surface area contributed by atoms with Gasteiger partial charge in [0.2, 0.25) is 0 Å². The van der Waals surface area contributed by atoms with Crippen LogP contribution in [0.15, 0.2) is 237 Å². The predicted octanol–water partition coefficient (Wildman–Crippen LogP) is 16.4. The molecular weight excluding hydrogens is 727 g/mol. The fourth-order valence-corrected chi connectivity index (χ4v) is 8.70. The monoisotopic (exact) mass is 765 g/mol. The lowest BCUT2D eigenvalue weighted by atomic mass is 9.87. The van der Waals surface area contributed by atoms with Crippen molar-refractivity contribution in [3.63, 3.8) is 0 Å². The number of nitrogens with zero attached hydrogens (tertiary/aromatic N) is 1. The van der Waals surface area contributed by atoms with Crippen molar-refractivity contribution in [2.45, 2.75) is 0 Å². The number of benzene rings is 10. The lowest BCUT2D eigenvalue weighted by Crippen LogP contribution is -2.10. The summed E-state index contributed by atoms with van der Waals surface area (Å²) in [4.78, 5) is 2.33. The maximum Gasteiger partial charge on any atom is 0.137 e. The van der Waals surface area contributed by atoms with Gasteiger partial charge in [0, 0.05) is 34.3 Å². The van der Waals surface area contributed by atoms with Gasteiger partial charge in [-0.1, -0.05) is 176 Å². The molecule has 1 heterocycles. The molecule has 0 saturated carbocycles. The van der Waals surface area contributed by atoms with Crippen molar-refractivity contribution in [2.24, 2.45) is 0 Å². The Morgan fingerprint density at radius 2 is 0.767 bits per heavy atom. The zero-order chi connectivity index (χ0) is 39.8. The van der Waals surface area contributed by atoms with E-state index in [4.69, 9.17) is 4.74 Å². The van der Waals surface area contributed by atoms with Crippen molar-refractivity contribution in [3.8, 4) is 78.3 Å². The summed E-state index contributed by atoms with van der Waals surface area (Å²) in [6, 6.07) is 84.7. The first kappa shape index (κ1) is 35.2. The summed E-state index contributed by atoms with van der Waals surface area (Å²) in [6.45, 7) is 0. The van der Waals surface area contributed by atoms with Crippen LogP contribution in [-0.2, 0) is 0 Å². The van der Waals surface area contributed by atoms with E-state index in [-0.39, 0.29) is 0 Å². The van der Waals surface area contributed by atoms with E-state index >= 15 is 0 Å². The van der Waals surface area contributed by atoms with Crippen LogP contribution in [0, 0.1) is 0 Å². The van der Waals surface area contributed by atoms with Gasteiger partial charge in [-0.3, -0.25) is 0 Å². The first-order valence-corrected chi connectivity index (χ1v) is 20.5. The molecule has 0 aliphatic carbocycles. The average Bonchev–Trinajstić information content (AvgIpc) is 3.46. The van der Waals surface area contributed by atoms with Gasteiger partial charge in [-0.05, 0) is 121 Å². The highest BCUT2D eigenvalue weighted by molar-refractivity contribution is 6.00. The van der Waals surface area contributed by atoms with Crippen LogP contribution >= 0.6 is 0 Å². The molecule has 0 amide bonds. The first-order valence-electron chi connectivity index (χ1n) is 20.5. The van der Waals surface area contributed by atoms with E-state index in [1.54, 1.807) is 0 Å². The van der Waals surface area contributed by atoms with Crippen LogP contribution in [0.5, 0.6) is 11.5 Å². The molecule has 282 valence electrons. The van der Waals surface area contributed by atoms with Gasteiger partial charge in [0.25, 0.3) is 0 Å². The molecule has 1 aliphatic rings. The Balaban J connectivity index is 1.08. The van der Waals surface area contributed by atoms with Crippen LogP contribution < -0.4 is 9.64 Å². The number of anilines is 3. The summed E-state index contributed by atoms with van der Waals surface area (Å²) in [7, 11) is 0. The molecule has 0 fully saturated rings. The van der Waals surface area contributed by atoms with Gasteiger partial charge < -0.3 is 9.64 Å². The largest absolute Gasteiger partial charge is 0.456 e. The molecule has 0 N–H and O–H groups in total. The SMILES string of the molecule is c1ccc(-c2ccc(N(c3ccc4c(c3)Oc3cccc(-c5ccccc5)c3-c3cc(-c5cccc(-c6ccccc6)c5)ccc3-4)c3ccc4ccccc4c3)cc2)cc1. The normalized spacial score (nSPS) is 11.5. The Bertz CT molecular complexity index is 3150. The molecule has 2 nitrogen and oxygen atoms in total. The highest BCUT2D eigenvalue weighted by atomic mass is 16.5. The van der Waals surface area contributed by atoms with Crippen molar-refractivity contribution < 1.29 is 4.74 Å². The van der Waals surface area contributed by atoms with Crippen molar-refractivity contribution in [1.82, 2.24) is 0 Å². The smallest absolute Gasteiger partial charge is 0.137 e. The number of hydrogen-bond acceptors (Lipinski definition) is 2. The minimum Gasteiger partial charge on any atom is -0.456 e. The standard InChI is InChI=1S/C58H39NO/c1-4-14-40(15-5-1)43-26-30-49(31-27-43)59(50-32-28-42-18-10-11-21-47(42)37-50)51-33-35-54-53-34-29-48(46-23-12-22-45(36-46)41-16-6-2-7-17-41)38-55(53)58-52(44-19-8-3-9-20-44)24-13-25-56(58)60-57(54)39-51/h1-39H. The van der Waals surface area contributed by atoms with Crippen LogP contribution in [0.25, 0.3) is 77.5 Å². The van der Waals surface area contributed by atoms with Crippen LogP contribution in [0.4, 0.5) is 17.1 Å². The van der Waals surface area contributed by atoms with Crippen molar-refractivity contribution in [2.75, 3.05) is 4.90 Å². The summed E-state index contributed by atoms with van der Waals surface area (Å²) < 4.78 is 7.15. The maximum atomic E-state index is 7.15. The predicted molar refractivity (Wildman–Crippen MR) is 251 cm³/mol. The Kier molecular flexibility index (Phi) is 8.87. The lowest BCUT2D eigenvalue weighted by molar-refractivity contribution is 0.488. The van der Waals surface area contributed by atoms with Gasteiger partial charge in [0.05, 0.1) is 0 Å². The summed E-state index contributed by atoms with van der Waals surface area (Å²) in [5, 5.41) is 2.40. The first-order chi connectivity index (χ1) is 29.7. The quantitative estimate of drug-likeness (QED) is 0.160. The van der Waals surface area contributed by atoms with Crippen LogP contribution in [-0.4, -0.2) is 0 Å². The summed E-state index contributed by atoms with van der Waals surface area (Å²) in [5.41, 5.74) is 16.9. The molecule has 0 saturated heterocycles. The molecule has 10 aromatic carbocycles. The second-order valence-corrected chi connectivity index (χ2v) is 15.3. The third-order valence-corrected chi connectivity index (χ3v) is 11.7. The van der Waals surface area contributed by atoms with Gasteiger partial charge in [-0.25, -0.2) is 0 Å². The molecule has 0 bridgehead atoms. The lowest BCUT2D eigenvalue weighted by Gasteiger charge is -2.27. The van der Waals surface area contributed by atoms with E-state index in [0.717, 1.165) is 67.5 Å². The van der Waals surface area contributed by atoms with Gasteiger partial charge in [0.15, 0.2) is 0 Å². The third kappa shape index (κ3) is 6.51. The molecule has 11 rings (SSSR count). The van der Waals surface area contributed by atoms with E-state index < -0.39 is 0 Å². The molecule has 0 unspecified atom stereocenters. The Labute approximate surface area is 350 Å². The van der Waals surface area contributed by atoms with Crippen LogP contribution in [0.1, 0.15) is 0 Å². The molecular formula is C58H39NO. The molecule has 60 heavy (non-hydrogen) atoms. The fraction of sp³-hybridized carbons (Fsp3) is 0. The second-order valence-electron chi connectivity index (χ2n) is 15.3. The van der Waals surface area contributed by atoms with Gasteiger partial charge in [0.1, 0.15) is 11.5 Å². The summed E-state index contributed by atoms with van der Waals surface area (Å²) in [5.74, 6) is 1.64. The van der Waals surface area contributed by atoms with Crippen molar-refractivity contribution in [1.29, 1.82) is 0 Å². The van der Waals surface area contributed by atoms with Gasteiger partial charge in [-0.15, -0.1) is 0 Å².